The van der Waals surface area contributed by atoms with Gasteiger partial charge in [0.05, 0.1) is 24.9 Å². The molecule has 2 aromatic carbocycles. The lowest BCUT2D eigenvalue weighted by Crippen LogP contribution is -2.39. The average molecular weight is 551 g/mol. The summed E-state index contributed by atoms with van der Waals surface area (Å²) < 4.78 is 50.3. The van der Waals surface area contributed by atoms with Gasteiger partial charge in [0.25, 0.3) is 5.91 Å². The summed E-state index contributed by atoms with van der Waals surface area (Å²) in [6, 6.07) is 15.6. The molecule has 7 nitrogen and oxygen atoms in total. The Morgan fingerprint density at radius 3 is 2.47 bits per heavy atom. The molecule has 2 aliphatic heterocycles. The van der Waals surface area contributed by atoms with Crippen LogP contribution in [0.15, 0.2) is 54.6 Å². The number of amides is 1. The van der Waals surface area contributed by atoms with Crippen LogP contribution >= 0.6 is 12.4 Å². The van der Waals surface area contributed by atoms with Gasteiger partial charge in [-0.3, -0.25) is 9.69 Å². The number of carbonyl (C=O) groups excluding carboxylic acids is 1. The normalized spacial score (nSPS) is 17.9. The highest BCUT2D eigenvalue weighted by atomic mass is 35.5. The zero-order valence-corrected chi connectivity index (χ0v) is 21.5. The van der Waals surface area contributed by atoms with Crippen molar-refractivity contribution in [3.63, 3.8) is 0 Å². The molecule has 1 atom stereocenters. The summed E-state index contributed by atoms with van der Waals surface area (Å²) in [4.78, 5) is 15.2. The summed E-state index contributed by atoms with van der Waals surface area (Å²) in [6.45, 7) is 4.86. The highest BCUT2D eigenvalue weighted by Crippen LogP contribution is 2.40. The molecular weight excluding hydrogens is 521 g/mol. The van der Waals surface area contributed by atoms with Crippen LogP contribution < -0.4 is 15.8 Å². The number of halogens is 4. The Hall–Kier alpha value is -3.05. The van der Waals surface area contributed by atoms with Crippen LogP contribution in [0.2, 0.25) is 0 Å². The molecule has 11 heteroatoms. The molecule has 0 unspecified atom stereocenters. The van der Waals surface area contributed by atoms with Crippen LogP contribution in [-0.4, -0.2) is 61.1 Å². The molecule has 204 valence electrons. The Bertz CT molecular complexity index is 1260. The number of benzene rings is 2. The van der Waals surface area contributed by atoms with Gasteiger partial charge in [0.2, 0.25) is 0 Å². The van der Waals surface area contributed by atoms with Gasteiger partial charge in [-0.1, -0.05) is 36.4 Å². The zero-order chi connectivity index (χ0) is 26.0. The molecule has 0 radical (unpaired) electrons. The Labute approximate surface area is 225 Å². The van der Waals surface area contributed by atoms with E-state index in [2.05, 4.69) is 27.1 Å². The molecule has 0 bridgehead atoms. The first-order valence-electron chi connectivity index (χ1n) is 12.3. The molecular formula is C27H30ClF3N4O3. The number of aromatic nitrogens is 1. The quantitative estimate of drug-likeness (QED) is 0.449. The van der Waals surface area contributed by atoms with Gasteiger partial charge >= 0.3 is 6.36 Å². The molecule has 0 spiro atoms. The van der Waals surface area contributed by atoms with Crippen LogP contribution in [0.4, 0.5) is 13.2 Å². The number of rotatable bonds is 7. The Morgan fingerprint density at radius 2 is 1.79 bits per heavy atom. The van der Waals surface area contributed by atoms with Crippen molar-refractivity contribution >= 4 is 18.3 Å². The van der Waals surface area contributed by atoms with Gasteiger partial charge in [-0.2, -0.15) is 0 Å². The van der Waals surface area contributed by atoms with Crippen LogP contribution in [0.1, 0.15) is 28.5 Å². The van der Waals surface area contributed by atoms with Crippen molar-refractivity contribution in [2.75, 3.05) is 39.4 Å². The summed E-state index contributed by atoms with van der Waals surface area (Å²) in [6.07, 6.45) is -4.16. The van der Waals surface area contributed by atoms with Crippen molar-refractivity contribution in [2.24, 2.45) is 5.73 Å². The summed E-state index contributed by atoms with van der Waals surface area (Å²) in [5.41, 5.74) is 10.3. The van der Waals surface area contributed by atoms with Gasteiger partial charge in [0, 0.05) is 31.7 Å². The molecule has 0 saturated carbocycles. The predicted molar refractivity (Wildman–Crippen MR) is 140 cm³/mol. The number of nitrogens with one attached hydrogen (secondary N) is 1. The maximum Gasteiger partial charge on any atom is 0.573 e. The molecule has 38 heavy (non-hydrogen) atoms. The van der Waals surface area contributed by atoms with Gasteiger partial charge < -0.3 is 25.1 Å². The number of nitrogens with zero attached hydrogens (tertiary/aromatic N) is 2. The van der Waals surface area contributed by atoms with Crippen LogP contribution in [0.5, 0.6) is 5.75 Å². The summed E-state index contributed by atoms with van der Waals surface area (Å²) >= 11 is 0. The maximum absolute atomic E-state index is 12.9. The molecule has 0 aliphatic carbocycles. The monoisotopic (exact) mass is 550 g/mol. The largest absolute Gasteiger partial charge is 0.573 e. The second-order valence-electron chi connectivity index (χ2n) is 9.26. The first-order valence-corrected chi connectivity index (χ1v) is 12.3. The Morgan fingerprint density at radius 1 is 1.05 bits per heavy atom. The van der Waals surface area contributed by atoms with Crippen LogP contribution in [0.3, 0.4) is 0 Å². The van der Waals surface area contributed by atoms with E-state index in [1.165, 1.54) is 18.2 Å². The molecule has 1 aromatic heterocycles. The van der Waals surface area contributed by atoms with Crippen LogP contribution in [0.25, 0.3) is 22.4 Å². The molecule has 3 aromatic rings. The van der Waals surface area contributed by atoms with E-state index in [0.717, 1.165) is 49.7 Å². The number of alkyl halides is 3. The maximum atomic E-state index is 12.9. The van der Waals surface area contributed by atoms with E-state index < -0.39 is 6.36 Å². The minimum Gasteiger partial charge on any atom is -0.406 e. The van der Waals surface area contributed by atoms with E-state index >= 15 is 0 Å². The van der Waals surface area contributed by atoms with Crippen molar-refractivity contribution < 1.29 is 27.4 Å². The van der Waals surface area contributed by atoms with E-state index in [-0.39, 0.29) is 30.1 Å². The predicted octanol–water partition coefficient (Wildman–Crippen LogP) is 4.61. The van der Waals surface area contributed by atoms with Crippen molar-refractivity contribution in [1.82, 2.24) is 14.8 Å². The van der Waals surface area contributed by atoms with Crippen molar-refractivity contribution in [2.45, 2.75) is 25.4 Å². The van der Waals surface area contributed by atoms with E-state index in [1.807, 2.05) is 16.7 Å². The Kier molecular flexibility index (Phi) is 8.67. The lowest BCUT2D eigenvalue weighted by Gasteiger charge is -2.29. The van der Waals surface area contributed by atoms with Gasteiger partial charge in [-0.25, -0.2) is 0 Å². The van der Waals surface area contributed by atoms with Crippen LogP contribution in [0, 0.1) is 0 Å². The van der Waals surface area contributed by atoms with Crippen molar-refractivity contribution in [3.8, 4) is 28.1 Å². The smallest absolute Gasteiger partial charge is 0.406 e. The molecule has 3 N–H and O–H groups in total. The standard InChI is InChI=1S/C27H29F3N4O3.ClH/c28-27(29,30)37-22-3-1-2-20(14-22)23-15-24-26(35)32-16-21(8-9-31)34(24)25(23)19-6-4-18(5-7-19)17-33-10-12-36-13-11-33;/h1-7,14-15,21H,8-13,16-17,31H2,(H,32,35);1H/t21-;/m0./s1. The summed E-state index contributed by atoms with van der Waals surface area (Å²) in [5, 5.41) is 2.91. The first kappa shape index (κ1) is 28.0. The number of ether oxygens (including phenoxy) is 2. The van der Waals surface area contributed by atoms with Crippen molar-refractivity contribution in [1.29, 1.82) is 0 Å². The summed E-state index contributed by atoms with van der Waals surface area (Å²) in [7, 11) is 0. The Balaban J connectivity index is 0.00000336. The highest BCUT2D eigenvalue weighted by molar-refractivity contribution is 5.98. The minimum absolute atomic E-state index is 0. The topological polar surface area (TPSA) is 81.8 Å². The molecule has 1 amide bonds. The van der Waals surface area contributed by atoms with Gasteiger partial charge in [0.15, 0.2) is 0 Å². The first-order chi connectivity index (χ1) is 17.8. The van der Waals surface area contributed by atoms with Gasteiger partial charge in [-0.05, 0) is 47.9 Å². The SMILES string of the molecule is Cl.NCC[C@H]1CNC(=O)c2cc(-c3cccc(OC(F)(F)F)c3)c(-c3ccc(CN4CCOCC4)cc3)n21. The van der Waals surface area contributed by atoms with Gasteiger partial charge in [-0.15, -0.1) is 25.6 Å². The molecule has 2 aliphatic rings. The number of hydrogen-bond acceptors (Lipinski definition) is 5. The number of fused-ring (bicyclic) bond motifs is 1. The fourth-order valence-electron chi connectivity index (χ4n) is 5.06. The number of hydrogen-bond donors (Lipinski definition) is 2. The van der Waals surface area contributed by atoms with Crippen molar-refractivity contribution in [3.05, 3.63) is 65.9 Å². The second kappa shape index (κ2) is 11.8. The minimum atomic E-state index is -4.80. The third kappa shape index (κ3) is 6.15. The third-order valence-corrected chi connectivity index (χ3v) is 6.75. The zero-order valence-electron chi connectivity index (χ0n) is 20.7. The molecule has 3 heterocycles. The number of nitrogens with two attached hydrogens (primary N) is 1. The molecule has 1 saturated heterocycles. The van der Waals surface area contributed by atoms with E-state index in [4.69, 9.17) is 10.5 Å². The third-order valence-electron chi connectivity index (χ3n) is 6.75. The van der Waals surface area contributed by atoms with E-state index in [1.54, 1.807) is 12.1 Å². The fraction of sp³-hybridized carbons (Fsp3) is 0.370. The average Bonchev–Trinajstić information content (AvgIpc) is 3.28. The lowest BCUT2D eigenvalue weighted by molar-refractivity contribution is -0.274. The fourth-order valence-corrected chi connectivity index (χ4v) is 5.06. The van der Waals surface area contributed by atoms with Gasteiger partial charge in [0.1, 0.15) is 11.4 Å². The van der Waals surface area contributed by atoms with Crippen LogP contribution in [-0.2, 0) is 11.3 Å². The van der Waals surface area contributed by atoms with E-state index in [9.17, 15) is 18.0 Å². The lowest BCUT2D eigenvalue weighted by atomic mass is 9.99. The van der Waals surface area contributed by atoms with E-state index in [0.29, 0.717) is 36.3 Å². The summed E-state index contributed by atoms with van der Waals surface area (Å²) in [5.74, 6) is -0.545. The molecule has 5 rings (SSSR count). The highest BCUT2D eigenvalue weighted by Gasteiger charge is 2.33. The second-order valence-corrected chi connectivity index (χ2v) is 9.26. The number of morpholine rings is 1. The molecule has 1 fully saturated rings. The number of carbonyl (C=O) groups is 1.